The Balaban J connectivity index is 1.84. The molecule has 0 radical (unpaired) electrons. The zero-order valence-electron chi connectivity index (χ0n) is 15.2. The van der Waals surface area contributed by atoms with Crippen LogP contribution in [0.5, 0.6) is 0 Å². The molecule has 1 saturated heterocycles. The number of hydrogen-bond acceptors (Lipinski definition) is 4. The fourth-order valence-electron chi connectivity index (χ4n) is 2.37. The van der Waals surface area contributed by atoms with E-state index in [0.29, 0.717) is 31.7 Å². The number of nitrogens with zero attached hydrogens (tertiary/aromatic N) is 2. The molecule has 0 spiro atoms. The zero-order valence-corrected chi connectivity index (χ0v) is 15.2. The predicted molar refractivity (Wildman–Crippen MR) is 93.4 cm³/mol. The minimum atomic E-state index is -0.550. The summed E-state index contributed by atoms with van der Waals surface area (Å²) in [4.78, 5) is 39.4. The van der Waals surface area contributed by atoms with E-state index in [1.54, 1.807) is 17.0 Å². The van der Waals surface area contributed by atoms with Gasteiger partial charge in [0.25, 0.3) is 5.91 Å². The average Bonchev–Trinajstić information content (AvgIpc) is 2.54. The third kappa shape index (κ3) is 5.48. The van der Waals surface area contributed by atoms with Gasteiger partial charge in [-0.25, -0.2) is 9.59 Å². The highest BCUT2D eigenvalue weighted by Crippen LogP contribution is 2.12. The Bertz CT molecular complexity index is 641. The van der Waals surface area contributed by atoms with Crippen molar-refractivity contribution in [3.63, 3.8) is 0 Å². The van der Waals surface area contributed by atoms with Gasteiger partial charge in [-0.1, -0.05) is 17.7 Å². The van der Waals surface area contributed by atoms with Crippen molar-refractivity contribution in [3.8, 4) is 0 Å². The van der Waals surface area contributed by atoms with Crippen LogP contribution in [0.4, 0.5) is 9.59 Å². The van der Waals surface area contributed by atoms with Crippen molar-refractivity contribution < 1.29 is 19.1 Å². The van der Waals surface area contributed by atoms with Gasteiger partial charge < -0.3 is 14.5 Å². The van der Waals surface area contributed by atoms with E-state index >= 15 is 0 Å². The van der Waals surface area contributed by atoms with Gasteiger partial charge >= 0.3 is 12.1 Å². The van der Waals surface area contributed by atoms with Gasteiger partial charge in [-0.05, 0) is 39.8 Å². The molecule has 7 nitrogen and oxygen atoms in total. The molecule has 1 aromatic rings. The maximum atomic E-state index is 12.2. The summed E-state index contributed by atoms with van der Waals surface area (Å²) in [6.45, 7) is 8.82. The summed E-state index contributed by atoms with van der Waals surface area (Å²) in [7, 11) is 0. The smallest absolute Gasteiger partial charge is 0.410 e. The molecule has 0 unspecified atom stereocenters. The van der Waals surface area contributed by atoms with Gasteiger partial charge in [0.2, 0.25) is 0 Å². The second-order valence-electron chi connectivity index (χ2n) is 7.08. The van der Waals surface area contributed by atoms with Crippen molar-refractivity contribution in [2.45, 2.75) is 33.3 Å². The van der Waals surface area contributed by atoms with E-state index < -0.39 is 17.5 Å². The summed E-state index contributed by atoms with van der Waals surface area (Å²) in [6, 6.07) is 6.55. The zero-order chi connectivity index (χ0) is 18.6. The highest BCUT2D eigenvalue weighted by molar-refractivity contribution is 6.04. The highest BCUT2D eigenvalue weighted by atomic mass is 16.6. The number of piperazine rings is 1. The van der Waals surface area contributed by atoms with Crippen LogP contribution in [0.1, 0.15) is 36.7 Å². The van der Waals surface area contributed by atoms with Crippen molar-refractivity contribution >= 4 is 18.0 Å². The number of benzene rings is 1. The van der Waals surface area contributed by atoms with Crippen LogP contribution in [0.3, 0.4) is 0 Å². The molecule has 0 bridgehead atoms. The lowest BCUT2D eigenvalue weighted by atomic mass is 10.1. The molecule has 1 aromatic carbocycles. The second-order valence-corrected chi connectivity index (χ2v) is 7.08. The molecule has 0 aliphatic carbocycles. The van der Waals surface area contributed by atoms with Crippen molar-refractivity contribution in [2.75, 3.05) is 26.2 Å². The Morgan fingerprint density at radius 1 is 0.960 bits per heavy atom. The van der Waals surface area contributed by atoms with Gasteiger partial charge in [-0.15, -0.1) is 0 Å². The normalized spacial score (nSPS) is 14.9. The number of rotatable bonds is 1. The molecule has 136 valence electrons. The molecule has 1 fully saturated rings. The maximum Gasteiger partial charge on any atom is 0.410 e. The molecule has 0 atom stereocenters. The van der Waals surface area contributed by atoms with Gasteiger partial charge in [0.15, 0.2) is 0 Å². The first-order valence-corrected chi connectivity index (χ1v) is 8.30. The number of hydrogen-bond donors (Lipinski definition) is 1. The van der Waals surface area contributed by atoms with Crippen LogP contribution in [-0.2, 0) is 4.74 Å². The number of ether oxygens (including phenoxy) is 1. The molecule has 1 N–H and O–H groups in total. The minimum Gasteiger partial charge on any atom is -0.444 e. The average molecular weight is 347 g/mol. The Morgan fingerprint density at radius 2 is 1.48 bits per heavy atom. The fraction of sp³-hybridized carbons (Fsp3) is 0.500. The quantitative estimate of drug-likeness (QED) is 0.846. The Hall–Kier alpha value is -2.57. The molecule has 4 amide bonds. The number of aryl methyl sites for hydroxylation is 1. The van der Waals surface area contributed by atoms with E-state index in [0.717, 1.165) is 5.56 Å². The summed E-state index contributed by atoms with van der Waals surface area (Å²) in [5.41, 5.74) is 0.930. The number of urea groups is 1. The van der Waals surface area contributed by atoms with Crippen LogP contribution >= 0.6 is 0 Å². The number of nitrogens with one attached hydrogen (secondary N) is 1. The van der Waals surface area contributed by atoms with E-state index in [1.165, 1.54) is 4.90 Å². The Morgan fingerprint density at radius 3 is 2.00 bits per heavy atom. The standard InChI is InChI=1S/C18H25N3O4/c1-13-5-7-14(8-6-13)15(22)19-16(23)20-9-11-21(12-10-20)17(24)25-18(2,3)4/h5-8H,9-12H2,1-4H3,(H,19,22,23). The number of carbonyl (C=O) groups is 3. The van der Waals surface area contributed by atoms with Gasteiger partial charge in [-0.3, -0.25) is 10.1 Å². The minimum absolute atomic E-state index is 0.353. The molecule has 1 aliphatic rings. The molecular formula is C18H25N3O4. The summed E-state index contributed by atoms with van der Waals surface area (Å²) >= 11 is 0. The van der Waals surface area contributed by atoms with Gasteiger partial charge in [0.05, 0.1) is 0 Å². The van der Waals surface area contributed by atoms with Crippen LogP contribution in [0.2, 0.25) is 0 Å². The lowest BCUT2D eigenvalue weighted by Gasteiger charge is -2.35. The molecule has 7 heteroatoms. The van der Waals surface area contributed by atoms with E-state index in [4.69, 9.17) is 4.74 Å². The van der Waals surface area contributed by atoms with Crippen LogP contribution in [0.15, 0.2) is 24.3 Å². The highest BCUT2D eigenvalue weighted by Gasteiger charge is 2.28. The molecule has 25 heavy (non-hydrogen) atoms. The van der Waals surface area contributed by atoms with Gasteiger partial charge in [0, 0.05) is 31.7 Å². The van der Waals surface area contributed by atoms with Crippen LogP contribution in [-0.4, -0.2) is 59.6 Å². The first-order chi connectivity index (χ1) is 11.7. The van der Waals surface area contributed by atoms with Crippen LogP contribution < -0.4 is 5.32 Å². The first kappa shape index (κ1) is 18.8. The van der Waals surface area contributed by atoms with Crippen molar-refractivity contribution in [3.05, 3.63) is 35.4 Å². The van der Waals surface area contributed by atoms with Crippen molar-refractivity contribution in [2.24, 2.45) is 0 Å². The van der Waals surface area contributed by atoms with Crippen LogP contribution in [0, 0.1) is 6.92 Å². The number of amides is 4. The number of carbonyl (C=O) groups excluding carboxylic acids is 3. The molecule has 0 aromatic heterocycles. The van der Waals surface area contributed by atoms with E-state index in [9.17, 15) is 14.4 Å². The van der Waals surface area contributed by atoms with Crippen LogP contribution in [0.25, 0.3) is 0 Å². The second kappa shape index (κ2) is 7.55. The molecule has 1 heterocycles. The lowest BCUT2D eigenvalue weighted by molar-refractivity contribution is 0.0169. The van der Waals surface area contributed by atoms with E-state index in [1.807, 2.05) is 39.8 Å². The fourth-order valence-corrected chi connectivity index (χ4v) is 2.37. The lowest BCUT2D eigenvalue weighted by Crippen LogP contribution is -2.54. The topological polar surface area (TPSA) is 79.0 Å². The van der Waals surface area contributed by atoms with E-state index in [-0.39, 0.29) is 6.09 Å². The summed E-state index contributed by atoms with van der Waals surface area (Å²) < 4.78 is 5.32. The summed E-state index contributed by atoms with van der Waals surface area (Å²) in [6.07, 6.45) is -0.386. The summed E-state index contributed by atoms with van der Waals surface area (Å²) in [5.74, 6) is -0.431. The Kier molecular flexibility index (Phi) is 5.66. The molecule has 2 rings (SSSR count). The summed E-state index contributed by atoms with van der Waals surface area (Å²) in [5, 5.41) is 2.38. The molecule has 1 aliphatic heterocycles. The van der Waals surface area contributed by atoms with E-state index in [2.05, 4.69) is 5.32 Å². The monoisotopic (exact) mass is 347 g/mol. The van der Waals surface area contributed by atoms with Crippen molar-refractivity contribution in [1.82, 2.24) is 15.1 Å². The first-order valence-electron chi connectivity index (χ1n) is 8.30. The van der Waals surface area contributed by atoms with Gasteiger partial charge in [-0.2, -0.15) is 0 Å². The third-order valence-corrected chi connectivity index (χ3v) is 3.75. The molecular weight excluding hydrogens is 322 g/mol. The predicted octanol–water partition coefficient (Wildman–Crippen LogP) is 2.40. The number of imide groups is 1. The van der Waals surface area contributed by atoms with Gasteiger partial charge in [0.1, 0.15) is 5.60 Å². The largest absolute Gasteiger partial charge is 0.444 e. The third-order valence-electron chi connectivity index (χ3n) is 3.75. The maximum absolute atomic E-state index is 12.2. The Labute approximate surface area is 147 Å². The molecule has 0 saturated carbocycles. The van der Waals surface area contributed by atoms with Crippen molar-refractivity contribution in [1.29, 1.82) is 0 Å². The SMILES string of the molecule is Cc1ccc(C(=O)NC(=O)N2CCN(C(=O)OC(C)(C)C)CC2)cc1.